The van der Waals surface area contributed by atoms with Crippen LogP contribution in [0.2, 0.25) is 0 Å². The molecule has 0 nitrogen and oxygen atoms in total. The van der Waals surface area contributed by atoms with E-state index in [0.29, 0.717) is 5.92 Å². The third-order valence-corrected chi connectivity index (χ3v) is 2.29. The molecule has 0 spiro atoms. The Morgan fingerprint density at radius 3 is 2.87 bits per heavy atom. The molecule has 0 bridgehead atoms. The highest BCUT2D eigenvalue weighted by atomic mass is 14.0. The van der Waals surface area contributed by atoms with E-state index < -0.39 is 0 Å². The van der Waals surface area contributed by atoms with E-state index in [0.717, 1.165) is 5.57 Å². The first-order valence-electron chi connectivity index (χ1n) is 5.30. The summed E-state index contributed by atoms with van der Waals surface area (Å²) in [5, 5.41) is 0. The normalized spacial score (nSPS) is 21.6. The van der Waals surface area contributed by atoms with Crippen LogP contribution in [0, 0.1) is 5.92 Å². The SMILES string of the molecule is C=C/C(=C\C=C/C)C1=CC=CC(C)C=C1. The Labute approximate surface area is 92.7 Å². The van der Waals surface area contributed by atoms with Crippen LogP contribution in [-0.4, -0.2) is 0 Å². The molecular weight excluding hydrogens is 180 g/mol. The van der Waals surface area contributed by atoms with Crippen molar-refractivity contribution in [3.63, 3.8) is 0 Å². The number of hydrogen-bond donors (Lipinski definition) is 0. The van der Waals surface area contributed by atoms with Gasteiger partial charge in [-0.1, -0.05) is 68.2 Å². The second kappa shape index (κ2) is 6.02. The Hall–Kier alpha value is -1.56. The van der Waals surface area contributed by atoms with Gasteiger partial charge in [0.2, 0.25) is 0 Å². The molecular formula is C15H18. The smallest absolute Gasteiger partial charge is 0.00754 e. The Morgan fingerprint density at radius 2 is 2.20 bits per heavy atom. The third-order valence-electron chi connectivity index (χ3n) is 2.29. The van der Waals surface area contributed by atoms with Gasteiger partial charge in [-0.25, -0.2) is 0 Å². The minimum absolute atomic E-state index is 0.506. The van der Waals surface area contributed by atoms with Crippen molar-refractivity contribution in [2.75, 3.05) is 0 Å². The molecule has 0 amide bonds. The van der Waals surface area contributed by atoms with Gasteiger partial charge < -0.3 is 0 Å². The minimum Gasteiger partial charge on any atom is -0.0984 e. The van der Waals surface area contributed by atoms with Crippen molar-refractivity contribution in [2.24, 2.45) is 5.92 Å². The van der Waals surface area contributed by atoms with Crippen molar-refractivity contribution in [1.29, 1.82) is 0 Å². The topological polar surface area (TPSA) is 0 Å². The molecule has 0 fully saturated rings. The van der Waals surface area contributed by atoms with E-state index in [9.17, 15) is 0 Å². The lowest BCUT2D eigenvalue weighted by atomic mass is 10.0. The van der Waals surface area contributed by atoms with Crippen molar-refractivity contribution in [1.82, 2.24) is 0 Å². The molecule has 1 unspecified atom stereocenters. The van der Waals surface area contributed by atoms with Crippen LogP contribution < -0.4 is 0 Å². The maximum Gasteiger partial charge on any atom is -0.00754 e. The highest BCUT2D eigenvalue weighted by Crippen LogP contribution is 2.17. The lowest BCUT2D eigenvalue weighted by Crippen LogP contribution is -1.82. The quantitative estimate of drug-likeness (QED) is 0.591. The zero-order valence-corrected chi connectivity index (χ0v) is 9.48. The van der Waals surface area contributed by atoms with Crippen LogP contribution in [0.15, 0.2) is 72.4 Å². The zero-order chi connectivity index (χ0) is 11.1. The summed E-state index contributed by atoms with van der Waals surface area (Å²) in [6, 6.07) is 0. The zero-order valence-electron chi connectivity index (χ0n) is 9.48. The molecule has 78 valence electrons. The van der Waals surface area contributed by atoms with Crippen LogP contribution in [0.4, 0.5) is 0 Å². The van der Waals surface area contributed by atoms with E-state index in [2.05, 4.69) is 50.0 Å². The molecule has 0 aromatic heterocycles. The van der Waals surface area contributed by atoms with Gasteiger partial charge in [-0.05, 0) is 24.0 Å². The van der Waals surface area contributed by atoms with Crippen molar-refractivity contribution in [2.45, 2.75) is 13.8 Å². The summed E-state index contributed by atoms with van der Waals surface area (Å²) in [5.41, 5.74) is 2.37. The van der Waals surface area contributed by atoms with Crippen LogP contribution in [0.3, 0.4) is 0 Å². The molecule has 15 heavy (non-hydrogen) atoms. The standard InChI is InChI=1S/C15H18/c1-4-6-9-14(5-2)15-10-7-8-13(3)11-12-15/h4-13H,2H2,1,3H3/b6-4-,14-9+. The molecule has 0 saturated carbocycles. The van der Waals surface area contributed by atoms with Gasteiger partial charge >= 0.3 is 0 Å². The summed E-state index contributed by atoms with van der Waals surface area (Å²) in [6.07, 6.45) is 18.8. The molecule has 0 N–H and O–H groups in total. The molecule has 0 aliphatic heterocycles. The lowest BCUT2D eigenvalue weighted by molar-refractivity contribution is 0.942. The van der Waals surface area contributed by atoms with Crippen LogP contribution in [0.1, 0.15) is 13.8 Å². The molecule has 0 radical (unpaired) electrons. The predicted molar refractivity (Wildman–Crippen MR) is 68.6 cm³/mol. The van der Waals surface area contributed by atoms with Crippen molar-refractivity contribution in [3.8, 4) is 0 Å². The Kier molecular flexibility index (Phi) is 4.62. The average Bonchev–Trinajstić information content (AvgIpc) is 2.45. The maximum atomic E-state index is 3.84. The van der Waals surface area contributed by atoms with E-state index in [1.807, 2.05) is 25.2 Å². The van der Waals surface area contributed by atoms with Crippen LogP contribution in [-0.2, 0) is 0 Å². The van der Waals surface area contributed by atoms with E-state index in [1.54, 1.807) is 0 Å². The Morgan fingerprint density at radius 1 is 1.40 bits per heavy atom. The maximum absolute atomic E-state index is 3.84. The van der Waals surface area contributed by atoms with Gasteiger partial charge in [0, 0.05) is 0 Å². The summed E-state index contributed by atoms with van der Waals surface area (Å²) >= 11 is 0. The van der Waals surface area contributed by atoms with Gasteiger partial charge in [0.05, 0.1) is 0 Å². The first-order valence-corrected chi connectivity index (χ1v) is 5.30. The molecule has 0 aromatic rings. The first kappa shape index (κ1) is 11.5. The molecule has 0 heteroatoms. The highest BCUT2D eigenvalue weighted by Gasteiger charge is 1.99. The Bertz CT molecular complexity index is 359. The van der Waals surface area contributed by atoms with E-state index in [-0.39, 0.29) is 0 Å². The third kappa shape index (κ3) is 3.59. The van der Waals surface area contributed by atoms with Crippen molar-refractivity contribution < 1.29 is 0 Å². The van der Waals surface area contributed by atoms with Crippen molar-refractivity contribution >= 4 is 0 Å². The summed E-state index contributed by atoms with van der Waals surface area (Å²) in [4.78, 5) is 0. The fourth-order valence-corrected chi connectivity index (χ4v) is 1.38. The summed E-state index contributed by atoms with van der Waals surface area (Å²) in [7, 11) is 0. The lowest BCUT2D eigenvalue weighted by Gasteiger charge is -2.01. The average molecular weight is 198 g/mol. The fourth-order valence-electron chi connectivity index (χ4n) is 1.38. The molecule has 0 aromatic carbocycles. The summed E-state index contributed by atoms with van der Waals surface area (Å²) in [6.45, 7) is 8.02. The summed E-state index contributed by atoms with van der Waals surface area (Å²) < 4.78 is 0. The second-order valence-corrected chi connectivity index (χ2v) is 3.58. The van der Waals surface area contributed by atoms with E-state index in [1.165, 1.54) is 5.57 Å². The Balaban J connectivity index is 2.95. The minimum atomic E-state index is 0.506. The van der Waals surface area contributed by atoms with Gasteiger partial charge in [0.15, 0.2) is 0 Å². The number of allylic oxidation sites excluding steroid dienone is 11. The van der Waals surface area contributed by atoms with Crippen molar-refractivity contribution in [3.05, 3.63) is 72.4 Å². The van der Waals surface area contributed by atoms with Crippen LogP contribution >= 0.6 is 0 Å². The molecule has 1 aliphatic carbocycles. The molecule has 1 aliphatic rings. The van der Waals surface area contributed by atoms with Crippen LogP contribution in [0.25, 0.3) is 0 Å². The molecule has 0 saturated heterocycles. The second-order valence-electron chi connectivity index (χ2n) is 3.58. The molecule has 1 rings (SSSR count). The van der Waals surface area contributed by atoms with Crippen LogP contribution in [0.5, 0.6) is 0 Å². The monoisotopic (exact) mass is 198 g/mol. The number of hydrogen-bond acceptors (Lipinski definition) is 0. The highest BCUT2D eigenvalue weighted by molar-refractivity contribution is 5.49. The van der Waals surface area contributed by atoms with E-state index >= 15 is 0 Å². The van der Waals surface area contributed by atoms with Gasteiger partial charge in [0.25, 0.3) is 0 Å². The van der Waals surface area contributed by atoms with Gasteiger partial charge in [-0.2, -0.15) is 0 Å². The number of rotatable bonds is 3. The van der Waals surface area contributed by atoms with Gasteiger partial charge in [-0.15, -0.1) is 0 Å². The predicted octanol–water partition coefficient (Wildman–Crippen LogP) is 4.36. The van der Waals surface area contributed by atoms with E-state index in [4.69, 9.17) is 0 Å². The van der Waals surface area contributed by atoms with Gasteiger partial charge in [0.1, 0.15) is 0 Å². The van der Waals surface area contributed by atoms with Gasteiger partial charge in [-0.3, -0.25) is 0 Å². The molecule has 1 atom stereocenters. The summed E-state index contributed by atoms with van der Waals surface area (Å²) in [5.74, 6) is 0.506. The molecule has 0 heterocycles. The first-order chi connectivity index (χ1) is 7.27. The largest absolute Gasteiger partial charge is 0.0984 e. The fraction of sp³-hybridized carbons (Fsp3) is 0.200.